The monoisotopic (exact) mass is 191 g/mol. The van der Waals surface area contributed by atoms with Crippen molar-refractivity contribution in [3.8, 4) is 0 Å². The van der Waals surface area contributed by atoms with Gasteiger partial charge in [0.25, 0.3) is 0 Å². The largest absolute Gasteiger partial charge is 0.761 e. The van der Waals surface area contributed by atoms with E-state index in [4.69, 9.17) is 28.9 Å². The second kappa shape index (κ2) is 3.17. The molecular weight excluding hydrogens is 187 g/mol. The molecule has 1 rings (SSSR count). The summed E-state index contributed by atoms with van der Waals surface area (Å²) < 4.78 is 0. The number of nitrogens with two attached hydrogens (primary N) is 1. The van der Waals surface area contributed by atoms with Crippen LogP contribution in [0.2, 0.25) is 10.0 Å². The van der Waals surface area contributed by atoms with E-state index in [0.717, 1.165) is 0 Å². The molecule has 0 atom stereocenters. The first-order chi connectivity index (χ1) is 5.15. The van der Waals surface area contributed by atoms with Crippen molar-refractivity contribution in [1.82, 2.24) is 0 Å². The number of rotatable bonds is 1. The zero-order valence-electron chi connectivity index (χ0n) is 5.40. The first-order valence-corrected chi connectivity index (χ1v) is 3.53. The van der Waals surface area contributed by atoms with Gasteiger partial charge in [0.15, 0.2) is 0 Å². The van der Waals surface area contributed by atoms with Gasteiger partial charge in [0.2, 0.25) is 0 Å². The van der Waals surface area contributed by atoms with Crippen LogP contribution in [0.15, 0.2) is 12.1 Å². The summed E-state index contributed by atoms with van der Waals surface area (Å²) in [5, 5.41) is 10.8. The van der Waals surface area contributed by atoms with Crippen molar-refractivity contribution >= 4 is 34.6 Å². The van der Waals surface area contributed by atoms with Crippen molar-refractivity contribution in [2.75, 3.05) is 11.2 Å². The van der Waals surface area contributed by atoms with Gasteiger partial charge >= 0.3 is 0 Å². The van der Waals surface area contributed by atoms with Gasteiger partial charge in [-0.15, -0.1) is 0 Å². The third-order valence-corrected chi connectivity index (χ3v) is 1.84. The molecule has 60 valence electrons. The quantitative estimate of drug-likeness (QED) is 0.530. The molecule has 3 nitrogen and oxygen atoms in total. The molecule has 3 N–H and O–H groups in total. The summed E-state index contributed by atoms with van der Waals surface area (Å²) in [6.45, 7) is 0. The predicted molar refractivity (Wildman–Crippen MR) is 47.9 cm³/mol. The molecule has 0 fully saturated rings. The maximum absolute atomic E-state index is 10.2. The van der Waals surface area contributed by atoms with Gasteiger partial charge in [-0.25, -0.2) is 0 Å². The SMILES string of the molecule is Nc1cc(Cl)c(N[O-])cc1Cl. The summed E-state index contributed by atoms with van der Waals surface area (Å²) in [4.78, 5) is 0. The zero-order chi connectivity index (χ0) is 8.43. The van der Waals surface area contributed by atoms with Gasteiger partial charge in [-0.2, -0.15) is 0 Å². The summed E-state index contributed by atoms with van der Waals surface area (Å²) in [5.74, 6) is 0. The summed E-state index contributed by atoms with van der Waals surface area (Å²) >= 11 is 11.2. The second-order valence-corrected chi connectivity index (χ2v) is 2.77. The fourth-order valence-corrected chi connectivity index (χ4v) is 1.01. The number of halogens is 2. The molecule has 11 heavy (non-hydrogen) atoms. The van der Waals surface area contributed by atoms with Crippen LogP contribution < -0.4 is 11.2 Å². The average molecular weight is 192 g/mol. The molecule has 1 aromatic rings. The van der Waals surface area contributed by atoms with Crippen molar-refractivity contribution < 1.29 is 0 Å². The van der Waals surface area contributed by atoms with Crippen LogP contribution in [0.4, 0.5) is 11.4 Å². The van der Waals surface area contributed by atoms with Crippen LogP contribution in [-0.4, -0.2) is 0 Å². The number of benzene rings is 1. The van der Waals surface area contributed by atoms with Crippen molar-refractivity contribution in [2.45, 2.75) is 0 Å². The Hall–Kier alpha value is -0.640. The highest BCUT2D eigenvalue weighted by Crippen LogP contribution is 2.30. The van der Waals surface area contributed by atoms with Crippen LogP contribution in [0, 0.1) is 5.21 Å². The van der Waals surface area contributed by atoms with E-state index in [1.165, 1.54) is 12.1 Å². The molecule has 0 aliphatic heterocycles. The lowest BCUT2D eigenvalue weighted by Crippen LogP contribution is -1.90. The Morgan fingerprint density at radius 2 is 1.91 bits per heavy atom. The highest BCUT2D eigenvalue weighted by atomic mass is 35.5. The molecule has 0 saturated carbocycles. The van der Waals surface area contributed by atoms with Crippen LogP contribution in [0.25, 0.3) is 0 Å². The van der Waals surface area contributed by atoms with Gasteiger partial charge in [-0.1, -0.05) is 23.2 Å². The fraction of sp³-hybridized carbons (Fsp3) is 0. The van der Waals surface area contributed by atoms with Gasteiger partial charge in [0.05, 0.1) is 15.7 Å². The lowest BCUT2D eigenvalue weighted by molar-refractivity contribution is 1.60. The number of anilines is 2. The fourth-order valence-electron chi connectivity index (χ4n) is 0.640. The molecule has 1 aromatic carbocycles. The van der Waals surface area contributed by atoms with E-state index < -0.39 is 0 Å². The number of nitrogens with one attached hydrogen (secondary N) is 1. The summed E-state index contributed by atoms with van der Waals surface area (Å²) in [6.07, 6.45) is 0. The molecule has 0 aliphatic rings. The minimum Gasteiger partial charge on any atom is -0.761 e. The maximum Gasteiger partial charge on any atom is 0.0656 e. The van der Waals surface area contributed by atoms with Gasteiger partial charge in [0.1, 0.15) is 0 Å². The van der Waals surface area contributed by atoms with Crippen LogP contribution in [0.1, 0.15) is 0 Å². The Bertz CT molecular complexity index is 278. The third kappa shape index (κ3) is 1.68. The Kier molecular flexibility index (Phi) is 2.44. The highest BCUT2D eigenvalue weighted by Gasteiger charge is 2.01. The van der Waals surface area contributed by atoms with E-state index >= 15 is 0 Å². The smallest absolute Gasteiger partial charge is 0.0656 e. The second-order valence-electron chi connectivity index (χ2n) is 1.96. The van der Waals surface area contributed by atoms with Crippen molar-refractivity contribution in [3.63, 3.8) is 0 Å². The Balaban J connectivity index is 3.21. The summed E-state index contributed by atoms with van der Waals surface area (Å²) in [7, 11) is 0. The lowest BCUT2D eigenvalue weighted by atomic mass is 10.3. The van der Waals surface area contributed by atoms with Crippen molar-refractivity contribution in [1.29, 1.82) is 0 Å². The van der Waals surface area contributed by atoms with E-state index in [-0.39, 0.29) is 10.7 Å². The molecule has 0 heterocycles. The minimum atomic E-state index is 0.228. The molecule has 0 spiro atoms. The van der Waals surface area contributed by atoms with E-state index in [2.05, 4.69) is 0 Å². The Morgan fingerprint density at radius 3 is 2.45 bits per heavy atom. The first-order valence-electron chi connectivity index (χ1n) is 2.78. The third-order valence-electron chi connectivity index (χ3n) is 1.20. The van der Waals surface area contributed by atoms with Gasteiger partial charge in [-0.3, -0.25) is 0 Å². The van der Waals surface area contributed by atoms with Crippen molar-refractivity contribution in [2.24, 2.45) is 0 Å². The highest BCUT2D eigenvalue weighted by molar-refractivity contribution is 6.37. The molecule has 0 amide bonds. The summed E-state index contributed by atoms with van der Waals surface area (Å²) in [5.41, 5.74) is 7.62. The lowest BCUT2D eigenvalue weighted by Gasteiger charge is -2.12. The molecule has 5 heteroatoms. The van der Waals surface area contributed by atoms with Gasteiger partial charge < -0.3 is 16.4 Å². The van der Waals surface area contributed by atoms with Crippen LogP contribution in [-0.2, 0) is 0 Å². The Morgan fingerprint density at radius 1 is 1.27 bits per heavy atom. The van der Waals surface area contributed by atoms with Crippen LogP contribution in [0.3, 0.4) is 0 Å². The van der Waals surface area contributed by atoms with Crippen LogP contribution >= 0.6 is 23.2 Å². The van der Waals surface area contributed by atoms with E-state index in [9.17, 15) is 5.21 Å². The van der Waals surface area contributed by atoms with E-state index in [1.54, 1.807) is 5.48 Å². The number of hydrogen-bond acceptors (Lipinski definition) is 3. The van der Waals surface area contributed by atoms with Gasteiger partial charge in [0, 0.05) is 5.69 Å². The number of hydrogen-bond donors (Lipinski definition) is 2. The van der Waals surface area contributed by atoms with Crippen molar-refractivity contribution in [3.05, 3.63) is 27.4 Å². The zero-order valence-corrected chi connectivity index (χ0v) is 6.91. The minimum absolute atomic E-state index is 0.228. The maximum atomic E-state index is 10.2. The molecule has 0 bridgehead atoms. The normalized spacial score (nSPS) is 9.73. The van der Waals surface area contributed by atoms with Crippen LogP contribution in [0.5, 0.6) is 0 Å². The molecule has 0 saturated heterocycles. The molecule has 0 radical (unpaired) electrons. The summed E-state index contributed by atoms with van der Waals surface area (Å²) in [6, 6.07) is 2.80. The standard InChI is InChI=1S/C6H5Cl2N2O/c7-3-2-6(10-11)4(8)1-5(3)9/h1-2,10H,9H2/q-1. The molecule has 0 aromatic heterocycles. The molecular formula is C6H5Cl2N2O-. The van der Waals surface area contributed by atoms with E-state index in [1.807, 2.05) is 0 Å². The topological polar surface area (TPSA) is 61.1 Å². The number of nitrogen functional groups attached to an aromatic ring is 1. The first kappa shape index (κ1) is 8.46. The average Bonchev–Trinajstić information content (AvgIpc) is 1.97. The van der Waals surface area contributed by atoms with E-state index in [0.29, 0.717) is 10.7 Å². The Labute approximate surface area is 73.7 Å². The molecule has 0 aliphatic carbocycles. The molecule has 0 unspecified atom stereocenters. The predicted octanol–water partition coefficient (Wildman–Crippen LogP) is 2.49. The van der Waals surface area contributed by atoms with Gasteiger partial charge in [-0.05, 0) is 12.1 Å².